The lowest BCUT2D eigenvalue weighted by Gasteiger charge is -2.24. The molecule has 0 spiro atoms. The predicted molar refractivity (Wildman–Crippen MR) is 109 cm³/mol. The summed E-state index contributed by atoms with van der Waals surface area (Å²) in [5.41, 5.74) is 10.6. The third-order valence-corrected chi connectivity index (χ3v) is 4.63. The zero-order valence-corrected chi connectivity index (χ0v) is 17.9. The van der Waals surface area contributed by atoms with Crippen molar-refractivity contribution in [2.24, 2.45) is 17.4 Å². The minimum Gasteiger partial charge on any atom is -0.480 e. The number of thioether (sulfide) groups is 1. The Kier molecular flexibility index (Phi) is 11.9. The predicted octanol–water partition coefficient (Wildman–Crippen LogP) is -1.84. The fraction of sp³-hybridized carbons (Fsp3) is 0.706. The molecule has 0 aromatic carbocycles. The Labute approximate surface area is 174 Å². The van der Waals surface area contributed by atoms with Crippen LogP contribution in [0.2, 0.25) is 0 Å². The van der Waals surface area contributed by atoms with Gasteiger partial charge in [0.15, 0.2) is 0 Å². The summed E-state index contributed by atoms with van der Waals surface area (Å²) in [5.74, 6) is -3.75. The Morgan fingerprint density at radius 3 is 2.00 bits per heavy atom. The molecule has 0 saturated heterocycles. The minimum atomic E-state index is -1.19. The highest BCUT2D eigenvalue weighted by atomic mass is 32.2. The first-order valence-electron chi connectivity index (χ1n) is 9.07. The smallest absolute Gasteiger partial charge is 0.326 e. The van der Waals surface area contributed by atoms with Crippen molar-refractivity contribution in [3.63, 3.8) is 0 Å². The van der Waals surface area contributed by atoms with Gasteiger partial charge in [-0.2, -0.15) is 11.8 Å². The normalized spacial score (nSPS) is 15.0. The highest BCUT2D eigenvalue weighted by Crippen LogP contribution is 2.04. The Balaban J connectivity index is 5.03. The summed E-state index contributed by atoms with van der Waals surface area (Å²) >= 11 is 1.45. The first kappa shape index (κ1) is 26.7. The number of carbonyl (C=O) groups excluding carboxylic acids is 4. The molecule has 0 aliphatic rings. The fourth-order valence-corrected chi connectivity index (χ4v) is 2.74. The monoisotopic (exact) mass is 433 g/mol. The number of aliphatic carboxylic acids is 1. The minimum absolute atomic E-state index is 0.264. The highest BCUT2D eigenvalue weighted by molar-refractivity contribution is 7.98. The maximum Gasteiger partial charge on any atom is 0.326 e. The molecule has 4 unspecified atom stereocenters. The lowest BCUT2D eigenvalue weighted by Crippen LogP contribution is -2.57. The maximum absolute atomic E-state index is 12.5. The zero-order chi connectivity index (χ0) is 22.7. The average Bonchev–Trinajstić information content (AvgIpc) is 2.61. The van der Waals surface area contributed by atoms with Crippen LogP contribution in [0.1, 0.15) is 33.6 Å². The van der Waals surface area contributed by atoms with Crippen molar-refractivity contribution in [2.45, 2.75) is 57.8 Å². The molecule has 0 aromatic heterocycles. The van der Waals surface area contributed by atoms with E-state index in [0.29, 0.717) is 5.75 Å². The summed E-state index contributed by atoms with van der Waals surface area (Å²) in [7, 11) is 0. The quantitative estimate of drug-likeness (QED) is 0.195. The Morgan fingerprint density at radius 2 is 1.55 bits per heavy atom. The molecular formula is C17H31N5O6S. The van der Waals surface area contributed by atoms with Crippen LogP contribution < -0.4 is 27.4 Å². The topological polar surface area (TPSA) is 194 Å². The van der Waals surface area contributed by atoms with E-state index < -0.39 is 53.8 Å². The van der Waals surface area contributed by atoms with Crippen molar-refractivity contribution < 1.29 is 29.1 Å². The van der Waals surface area contributed by atoms with Gasteiger partial charge in [-0.05, 0) is 31.3 Å². The van der Waals surface area contributed by atoms with Crippen LogP contribution in [0.15, 0.2) is 0 Å². The van der Waals surface area contributed by atoms with Gasteiger partial charge in [-0.25, -0.2) is 4.79 Å². The van der Waals surface area contributed by atoms with E-state index >= 15 is 0 Å². The second kappa shape index (κ2) is 13.0. The number of carbonyl (C=O) groups is 5. The van der Waals surface area contributed by atoms with Crippen LogP contribution >= 0.6 is 11.8 Å². The van der Waals surface area contributed by atoms with E-state index in [1.54, 1.807) is 13.8 Å². The molecule has 11 nitrogen and oxygen atoms in total. The van der Waals surface area contributed by atoms with Gasteiger partial charge in [0.2, 0.25) is 23.6 Å². The van der Waals surface area contributed by atoms with Gasteiger partial charge in [0.05, 0.1) is 12.5 Å². The van der Waals surface area contributed by atoms with E-state index in [2.05, 4.69) is 16.0 Å². The van der Waals surface area contributed by atoms with Gasteiger partial charge in [-0.1, -0.05) is 13.8 Å². The van der Waals surface area contributed by atoms with E-state index in [1.807, 2.05) is 6.26 Å². The number of carboxylic acids is 1. The summed E-state index contributed by atoms with van der Waals surface area (Å²) in [4.78, 5) is 59.0. The van der Waals surface area contributed by atoms with Crippen LogP contribution in [0.25, 0.3) is 0 Å². The molecule has 0 radical (unpaired) electrons. The van der Waals surface area contributed by atoms with Crippen molar-refractivity contribution >= 4 is 41.4 Å². The summed E-state index contributed by atoms with van der Waals surface area (Å²) in [6.07, 6.45) is 1.72. The van der Waals surface area contributed by atoms with E-state index in [1.165, 1.54) is 18.7 Å². The van der Waals surface area contributed by atoms with Gasteiger partial charge in [0, 0.05) is 0 Å². The SMILES string of the molecule is CSCCC(NC(=O)C(N)CC(N)=O)C(=O)NC(C)C(=O)NC(C(=O)O)C(C)C. The van der Waals surface area contributed by atoms with Gasteiger partial charge >= 0.3 is 5.97 Å². The molecule has 0 saturated carbocycles. The van der Waals surface area contributed by atoms with Crippen LogP contribution in [-0.4, -0.2) is 70.9 Å². The molecule has 0 rings (SSSR count). The van der Waals surface area contributed by atoms with E-state index in [-0.39, 0.29) is 18.8 Å². The number of hydrogen-bond donors (Lipinski definition) is 6. The molecule has 29 heavy (non-hydrogen) atoms. The second-order valence-corrected chi connectivity index (χ2v) is 7.90. The summed E-state index contributed by atoms with van der Waals surface area (Å²) in [5, 5.41) is 16.4. The molecule has 0 fully saturated rings. The number of hydrogen-bond acceptors (Lipinski definition) is 7. The summed E-state index contributed by atoms with van der Waals surface area (Å²) in [6.45, 7) is 4.69. The first-order chi connectivity index (χ1) is 13.4. The third-order valence-electron chi connectivity index (χ3n) is 3.98. The molecule has 8 N–H and O–H groups in total. The summed E-state index contributed by atoms with van der Waals surface area (Å²) in [6, 6.07) is -4.30. The lowest BCUT2D eigenvalue weighted by molar-refractivity contribution is -0.143. The zero-order valence-electron chi connectivity index (χ0n) is 17.1. The second-order valence-electron chi connectivity index (χ2n) is 6.92. The first-order valence-corrected chi connectivity index (χ1v) is 10.5. The summed E-state index contributed by atoms with van der Waals surface area (Å²) < 4.78 is 0. The van der Waals surface area contributed by atoms with Crippen LogP contribution in [0.3, 0.4) is 0 Å². The van der Waals surface area contributed by atoms with Crippen LogP contribution in [0, 0.1) is 5.92 Å². The fourth-order valence-electron chi connectivity index (χ4n) is 2.26. The average molecular weight is 434 g/mol. The largest absolute Gasteiger partial charge is 0.480 e. The van der Waals surface area contributed by atoms with Gasteiger partial charge in [0.25, 0.3) is 0 Å². The van der Waals surface area contributed by atoms with Crippen molar-refractivity contribution in [2.75, 3.05) is 12.0 Å². The number of rotatable bonds is 13. The Bertz CT molecular complexity index is 615. The van der Waals surface area contributed by atoms with Crippen molar-refractivity contribution in [1.29, 1.82) is 0 Å². The maximum atomic E-state index is 12.5. The molecular weight excluding hydrogens is 402 g/mol. The number of nitrogens with one attached hydrogen (secondary N) is 3. The van der Waals surface area contributed by atoms with Crippen LogP contribution in [-0.2, 0) is 24.0 Å². The molecule has 4 amide bonds. The molecule has 0 aliphatic carbocycles. The van der Waals surface area contributed by atoms with E-state index in [0.717, 1.165) is 0 Å². The van der Waals surface area contributed by atoms with E-state index in [9.17, 15) is 24.0 Å². The van der Waals surface area contributed by atoms with Crippen molar-refractivity contribution in [1.82, 2.24) is 16.0 Å². The van der Waals surface area contributed by atoms with Crippen molar-refractivity contribution in [3.8, 4) is 0 Å². The standard InChI is InChI=1S/C17H31N5O6S/c1-8(2)13(17(27)28)22-14(24)9(3)20-16(26)11(5-6-29-4)21-15(25)10(18)7-12(19)23/h8-11,13H,5-7,18H2,1-4H3,(H2,19,23)(H,20,26)(H,21,25)(H,22,24)(H,27,28). The molecule has 0 aromatic rings. The number of amides is 4. The molecule has 0 bridgehead atoms. The van der Waals surface area contributed by atoms with Gasteiger partial charge in [-0.3, -0.25) is 19.2 Å². The van der Waals surface area contributed by atoms with Gasteiger partial charge in [-0.15, -0.1) is 0 Å². The molecule has 4 atom stereocenters. The number of carboxylic acid groups (broad SMARTS) is 1. The van der Waals surface area contributed by atoms with Crippen molar-refractivity contribution in [3.05, 3.63) is 0 Å². The van der Waals surface area contributed by atoms with Crippen LogP contribution in [0.5, 0.6) is 0 Å². The molecule has 0 heterocycles. The molecule has 0 aliphatic heterocycles. The van der Waals surface area contributed by atoms with Gasteiger partial charge in [0.1, 0.15) is 18.1 Å². The number of nitrogens with two attached hydrogens (primary N) is 2. The Morgan fingerprint density at radius 1 is 0.966 bits per heavy atom. The molecule has 12 heteroatoms. The molecule has 166 valence electrons. The Hall–Kier alpha value is -2.34. The van der Waals surface area contributed by atoms with Crippen LogP contribution in [0.4, 0.5) is 0 Å². The van der Waals surface area contributed by atoms with E-state index in [4.69, 9.17) is 16.6 Å². The highest BCUT2D eigenvalue weighted by Gasteiger charge is 2.29. The van der Waals surface area contributed by atoms with Gasteiger partial charge < -0.3 is 32.5 Å². The number of primary amides is 1. The third kappa shape index (κ3) is 10.1. The lowest BCUT2D eigenvalue weighted by atomic mass is 10.0.